The highest BCUT2D eigenvalue weighted by atomic mass is 16.4. The van der Waals surface area contributed by atoms with Crippen molar-refractivity contribution in [3.8, 4) is 0 Å². The quantitative estimate of drug-likeness (QED) is 0.693. The van der Waals surface area contributed by atoms with E-state index in [-0.39, 0.29) is 11.5 Å². The molecule has 0 unspecified atom stereocenters. The van der Waals surface area contributed by atoms with Crippen LogP contribution in [0, 0.1) is 12.8 Å². The zero-order valence-corrected chi connectivity index (χ0v) is 11.9. The molecule has 1 amide bonds. The van der Waals surface area contributed by atoms with Gasteiger partial charge in [-0.15, -0.1) is 0 Å². The summed E-state index contributed by atoms with van der Waals surface area (Å²) < 4.78 is 5.18. The first-order valence-electron chi connectivity index (χ1n) is 7.13. The summed E-state index contributed by atoms with van der Waals surface area (Å²) in [6, 6.07) is 6.86. The highest BCUT2D eigenvalue weighted by molar-refractivity contribution is 5.93. The highest BCUT2D eigenvalue weighted by Crippen LogP contribution is 2.23. The van der Waals surface area contributed by atoms with Crippen LogP contribution in [0.5, 0.6) is 0 Å². The molecule has 1 heterocycles. The smallest absolute Gasteiger partial charge is 0.336 e. The molecule has 2 aromatic rings. The number of aryl methyl sites for hydroxylation is 1. The maximum atomic E-state index is 12.0. The second-order valence-electron chi connectivity index (χ2n) is 5.48. The van der Waals surface area contributed by atoms with Gasteiger partial charge in [-0.3, -0.25) is 4.79 Å². The lowest BCUT2D eigenvalue weighted by molar-refractivity contribution is -0.116. The summed E-state index contributed by atoms with van der Waals surface area (Å²) in [6.45, 7) is 1.87. The van der Waals surface area contributed by atoms with Crippen LogP contribution in [0.15, 0.2) is 45.6 Å². The molecule has 3 rings (SSSR count). The molecule has 4 heteroatoms. The molecule has 1 aliphatic rings. The average Bonchev–Trinajstić information content (AvgIpc) is 2.90. The van der Waals surface area contributed by atoms with Crippen molar-refractivity contribution in [2.45, 2.75) is 26.2 Å². The number of hydrogen-bond donors (Lipinski definition) is 1. The van der Waals surface area contributed by atoms with Crippen molar-refractivity contribution in [3.63, 3.8) is 0 Å². The van der Waals surface area contributed by atoms with E-state index in [2.05, 4.69) is 17.5 Å². The third kappa shape index (κ3) is 3.05. The fraction of sp³-hybridized carbons (Fsp3) is 0.294. The van der Waals surface area contributed by atoms with Crippen molar-refractivity contribution in [2.24, 2.45) is 5.92 Å². The summed E-state index contributed by atoms with van der Waals surface area (Å²) in [5, 5.41) is 3.75. The lowest BCUT2D eigenvalue weighted by atomic mass is 10.0. The van der Waals surface area contributed by atoms with Gasteiger partial charge in [-0.2, -0.15) is 0 Å². The lowest BCUT2D eigenvalue weighted by Crippen LogP contribution is -2.14. The number of anilines is 1. The number of benzene rings is 1. The van der Waals surface area contributed by atoms with Gasteiger partial charge in [0.25, 0.3) is 0 Å². The number of nitrogens with one attached hydrogen (secondary N) is 1. The maximum Gasteiger partial charge on any atom is 0.336 e. The van der Waals surface area contributed by atoms with E-state index in [1.807, 2.05) is 19.1 Å². The van der Waals surface area contributed by atoms with E-state index in [1.165, 1.54) is 6.07 Å². The van der Waals surface area contributed by atoms with Crippen LogP contribution in [-0.4, -0.2) is 5.91 Å². The minimum absolute atomic E-state index is 0.0131. The highest BCUT2D eigenvalue weighted by Gasteiger charge is 2.14. The minimum Gasteiger partial charge on any atom is -0.423 e. The first-order chi connectivity index (χ1) is 10.1. The molecule has 1 aliphatic carbocycles. The molecule has 0 fully saturated rings. The number of fused-ring (bicyclic) bond motifs is 1. The van der Waals surface area contributed by atoms with Crippen LogP contribution in [0.1, 0.15) is 24.8 Å². The van der Waals surface area contributed by atoms with Crippen LogP contribution in [0.2, 0.25) is 0 Å². The molecule has 0 aliphatic heterocycles. The third-order valence-electron chi connectivity index (χ3n) is 3.80. The van der Waals surface area contributed by atoms with Crippen LogP contribution in [-0.2, 0) is 4.79 Å². The van der Waals surface area contributed by atoms with Crippen molar-refractivity contribution < 1.29 is 9.21 Å². The van der Waals surface area contributed by atoms with Crippen molar-refractivity contribution in [1.29, 1.82) is 0 Å². The van der Waals surface area contributed by atoms with Crippen LogP contribution < -0.4 is 10.9 Å². The van der Waals surface area contributed by atoms with Gasteiger partial charge in [0.15, 0.2) is 0 Å². The molecule has 1 N–H and O–H groups in total. The van der Waals surface area contributed by atoms with E-state index >= 15 is 0 Å². The van der Waals surface area contributed by atoms with Crippen molar-refractivity contribution in [2.75, 3.05) is 5.32 Å². The average molecular weight is 283 g/mol. The summed E-state index contributed by atoms with van der Waals surface area (Å²) in [5.41, 5.74) is 1.65. The number of carbonyl (C=O) groups is 1. The van der Waals surface area contributed by atoms with Gasteiger partial charge in [0.2, 0.25) is 5.91 Å². The second-order valence-corrected chi connectivity index (χ2v) is 5.48. The topological polar surface area (TPSA) is 59.3 Å². The van der Waals surface area contributed by atoms with Gasteiger partial charge in [-0.1, -0.05) is 12.2 Å². The third-order valence-corrected chi connectivity index (χ3v) is 3.80. The van der Waals surface area contributed by atoms with Gasteiger partial charge in [0.05, 0.1) is 0 Å². The molecule has 0 bridgehead atoms. The van der Waals surface area contributed by atoms with E-state index < -0.39 is 0 Å². The predicted molar refractivity (Wildman–Crippen MR) is 82.3 cm³/mol. The van der Waals surface area contributed by atoms with E-state index in [9.17, 15) is 9.59 Å². The number of hydrogen-bond acceptors (Lipinski definition) is 3. The Labute approximate surface area is 122 Å². The Kier molecular flexibility index (Phi) is 3.60. The van der Waals surface area contributed by atoms with Crippen LogP contribution in [0.3, 0.4) is 0 Å². The Balaban J connectivity index is 1.79. The first-order valence-corrected chi connectivity index (χ1v) is 7.13. The molecule has 0 saturated heterocycles. The normalized spacial score (nSPS) is 17.3. The SMILES string of the molecule is Cc1cc(=O)oc2cc(NC(=O)C[C@@H]3C=CCC3)ccc12. The van der Waals surface area contributed by atoms with Gasteiger partial charge in [-0.05, 0) is 43.4 Å². The number of rotatable bonds is 3. The number of allylic oxidation sites excluding steroid dienone is 2. The predicted octanol–water partition coefficient (Wildman–Crippen LogP) is 3.40. The standard InChI is InChI=1S/C17H17NO3/c1-11-8-17(20)21-15-10-13(6-7-14(11)15)18-16(19)9-12-4-2-3-5-12/h2,4,6-8,10,12H,3,5,9H2,1H3,(H,18,19)/t12-/m1/s1. The van der Waals surface area contributed by atoms with Gasteiger partial charge in [0, 0.05) is 29.6 Å². The molecule has 108 valence electrons. The van der Waals surface area contributed by atoms with Crippen molar-refractivity contribution in [3.05, 3.63) is 52.4 Å². The zero-order chi connectivity index (χ0) is 14.8. The molecule has 0 saturated carbocycles. The summed E-state index contributed by atoms with van der Waals surface area (Å²) >= 11 is 0. The van der Waals surface area contributed by atoms with Gasteiger partial charge in [0.1, 0.15) is 5.58 Å². The summed E-state index contributed by atoms with van der Waals surface area (Å²) in [6.07, 6.45) is 6.80. The summed E-state index contributed by atoms with van der Waals surface area (Å²) in [7, 11) is 0. The molecule has 1 aromatic carbocycles. The molecular weight excluding hydrogens is 266 g/mol. The van der Waals surface area contributed by atoms with E-state index in [1.54, 1.807) is 6.07 Å². The van der Waals surface area contributed by atoms with Crippen molar-refractivity contribution >= 4 is 22.6 Å². The van der Waals surface area contributed by atoms with Gasteiger partial charge in [-0.25, -0.2) is 4.79 Å². The number of carbonyl (C=O) groups excluding carboxylic acids is 1. The molecule has 21 heavy (non-hydrogen) atoms. The van der Waals surface area contributed by atoms with Crippen molar-refractivity contribution in [1.82, 2.24) is 0 Å². The summed E-state index contributed by atoms with van der Waals surface area (Å²) in [4.78, 5) is 23.4. The van der Waals surface area contributed by atoms with Crippen LogP contribution >= 0.6 is 0 Å². The Morgan fingerprint density at radius 2 is 2.24 bits per heavy atom. The molecule has 4 nitrogen and oxygen atoms in total. The second kappa shape index (κ2) is 5.56. The molecule has 1 aromatic heterocycles. The molecule has 1 atom stereocenters. The van der Waals surface area contributed by atoms with E-state index in [0.717, 1.165) is 23.8 Å². The Bertz CT molecular complexity index is 773. The van der Waals surface area contributed by atoms with E-state index in [0.29, 0.717) is 23.6 Å². The Morgan fingerprint density at radius 3 is 3.00 bits per heavy atom. The minimum atomic E-state index is -0.375. The molecule has 0 radical (unpaired) electrons. The molecular formula is C17H17NO3. The lowest BCUT2D eigenvalue weighted by Gasteiger charge is -2.09. The van der Waals surface area contributed by atoms with Crippen LogP contribution in [0.25, 0.3) is 11.0 Å². The Hall–Kier alpha value is -2.36. The fourth-order valence-electron chi connectivity index (χ4n) is 2.72. The van der Waals surface area contributed by atoms with E-state index in [4.69, 9.17) is 4.42 Å². The first kappa shape index (κ1) is 13.6. The van der Waals surface area contributed by atoms with Gasteiger partial charge < -0.3 is 9.73 Å². The van der Waals surface area contributed by atoms with Gasteiger partial charge >= 0.3 is 5.63 Å². The van der Waals surface area contributed by atoms with Crippen LogP contribution in [0.4, 0.5) is 5.69 Å². The fourth-order valence-corrected chi connectivity index (χ4v) is 2.72. The molecule has 0 spiro atoms. The largest absolute Gasteiger partial charge is 0.423 e. The Morgan fingerprint density at radius 1 is 1.38 bits per heavy atom. The maximum absolute atomic E-state index is 12.0. The zero-order valence-electron chi connectivity index (χ0n) is 11.9. The number of amides is 1. The monoisotopic (exact) mass is 283 g/mol. The summed E-state index contributed by atoms with van der Waals surface area (Å²) in [5.74, 6) is 0.325.